The number of fused-ring (bicyclic) bond motifs is 1. The molecule has 1 N–H and O–H groups in total. The van der Waals surface area contributed by atoms with Crippen LogP contribution in [0.25, 0.3) is 5.65 Å². The van der Waals surface area contributed by atoms with Crippen molar-refractivity contribution in [3.05, 3.63) is 58.2 Å². The zero-order chi connectivity index (χ0) is 15.0. The van der Waals surface area contributed by atoms with Gasteiger partial charge in [0.1, 0.15) is 5.82 Å². The second-order valence-corrected chi connectivity index (χ2v) is 5.28. The Morgan fingerprint density at radius 1 is 1.43 bits per heavy atom. The van der Waals surface area contributed by atoms with Crippen LogP contribution in [-0.2, 0) is 0 Å². The third kappa shape index (κ3) is 2.52. The second-order valence-electron chi connectivity index (χ2n) is 4.49. The molecular formula is C14H10BrFN4O. The molecule has 0 radical (unpaired) electrons. The van der Waals surface area contributed by atoms with Crippen molar-refractivity contribution in [2.75, 3.05) is 5.32 Å². The molecule has 5 nitrogen and oxygen atoms in total. The molecule has 0 aliphatic heterocycles. The first kappa shape index (κ1) is 13.7. The summed E-state index contributed by atoms with van der Waals surface area (Å²) in [7, 11) is 0. The number of amides is 1. The molecule has 0 fully saturated rings. The quantitative estimate of drug-likeness (QED) is 0.773. The number of halogens is 2. The normalized spacial score (nSPS) is 10.8. The van der Waals surface area contributed by atoms with Crippen molar-refractivity contribution in [1.82, 2.24) is 14.6 Å². The molecule has 3 rings (SSSR count). The number of hydrogen-bond acceptors (Lipinski definition) is 3. The van der Waals surface area contributed by atoms with E-state index in [-0.39, 0.29) is 11.4 Å². The van der Waals surface area contributed by atoms with E-state index in [1.165, 1.54) is 10.6 Å². The smallest absolute Gasteiger partial charge is 0.277 e. The molecule has 1 amide bonds. The molecule has 106 valence electrons. The second kappa shape index (κ2) is 5.25. The Morgan fingerprint density at radius 2 is 2.24 bits per heavy atom. The van der Waals surface area contributed by atoms with Crippen LogP contribution in [0.5, 0.6) is 0 Å². The summed E-state index contributed by atoms with van der Waals surface area (Å²) in [5.41, 5.74) is 1.64. The van der Waals surface area contributed by atoms with Gasteiger partial charge in [0.2, 0.25) is 0 Å². The van der Waals surface area contributed by atoms with Crippen LogP contribution in [0.2, 0.25) is 0 Å². The van der Waals surface area contributed by atoms with E-state index < -0.39 is 11.7 Å². The summed E-state index contributed by atoms with van der Waals surface area (Å²) in [6.45, 7) is 1.82. The number of rotatable bonds is 2. The van der Waals surface area contributed by atoms with Gasteiger partial charge in [0.25, 0.3) is 5.91 Å². The Hall–Kier alpha value is -2.28. The number of carbonyl (C=O) groups excluding carboxylic acids is 1. The number of aryl methyl sites for hydroxylation is 1. The van der Waals surface area contributed by atoms with Crippen LogP contribution in [0, 0.1) is 12.7 Å². The molecule has 0 bridgehead atoms. The van der Waals surface area contributed by atoms with E-state index in [0.717, 1.165) is 5.56 Å². The van der Waals surface area contributed by atoms with E-state index in [2.05, 4.69) is 31.3 Å². The molecule has 0 spiro atoms. The lowest BCUT2D eigenvalue weighted by molar-refractivity contribution is 0.102. The predicted octanol–water partition coefficient (Wildman–Crippen LogP) is 3.19. The van der Waals surface area contributed by atoms with Gasteiger partial charge in [-0.3, -0.25) is 4.79 Å². The summed E-state index contributed by atoms with van der Waals surface area (Å²) in [5, 5.41) is 6.65. The summed E-state index contributed by atoms with van der Waals surface area (Å²) in [6.07, 6.45) is 3.28. The van der Waals surface area contributed by atoms with E-state index in [1.54, 1.807) is 30.6 Å². The van der Waals surface area contributed by atoms with Gasteiger partial charge in [-0.25, -0.2) is 13.9 Å². The zero-order valence-corrected chi connectivity index (χ0v) is 12.6. The summed E-state index contributed by atoms with van der Waals surface area (Å²) in [6, 6.07) is 6.21. The van der Waals surface area contributed by atoms with Crippen molar-refractivity contribution < 1.29 is 9.18 Å². The fourth-order valence-electron chi connectivity index (χ4n) is 1.92. The van der Waals surface area contributed by atoms with E-state index in [4.69, 9.17) is 0 Å². The first-order chi connectivity index (χ1) is 10.1. The number of nitrogens with one attached hydrogen (secondary N) is 1. The van der Waals surface area contributed by atoms with Gasteiger partial charge in [-0.15, -0.1) is 0 Å². The Labute approximate surface area is 127 Å². The van der Waals surface area contributed by atoms with Crippen LogP contribution < -0.4 is 5.32 Å². The minimum absolute atomic E-state index is 0.122. The number of carbonyl (C=O) groups is 1. The molecule has 3 aromatic rings. The van der Waals surface area contributed by atoms with E-state index >= 15 is 0 Å². The van der Waals surface area contributed by atoms with E-state index in [1.807, 2.05) is 6.92 Å². The van der Waals surface area contributed by atoms with Crippen LogP contribution in [-0.4, -0.2) is 20.5 Å². The first-order valence-electron chi connectivity index (χ1n) is 6.12. The highest BCUT2D eigenvalue weighted by Crippen LogP contribution is 2.22. The lowest BCUT2D eigenvalue weighted by atomic mass is 10.2. The van der Waals surface area contributed by atoms with Gasteiger partial charge in [-0.05, 0) is 46.6 Å². The maximum atomic E-state index is 13.7. The zero-order valence-electron chi connectivity index (χ0n) is 11.0. The number of nitrogens with zero attached hydrogens (tertiary/aromatic N) is 3. The Balaban J connectivity index is 1.97. The van der Waals surface area contributed by atoms with Gasteiger partial charge in [-0.2, -0.15) is 5.10 Å². The standard InChI is InChI=1S/C14H10BrFN4O/c1-8-3-4-9(16)10(7-8)18-14(21)12-11(15)13-17-5-2-6-20(13)19-12/h2-7H,1H3,(H,18,21). The minimum atomic E-state index is -0.503. The Kier molecular flexibility index (Phi) is 3.42. The van der Waals surface area contributed by atoms with Crippen LogP contribution in [0.15, 0.2) is 41.1 Å². The highest BCUT2D eigenvalue weighted by atomic mass is 79.9. The van der Waals surface area contributed by atoms with Gasteiger partial charge < -0.3 is 5.32 Å². The molecule has 0 saturated carbocycles. The van der Waals surface area contributed by atoms with Crippen molar-refractivity contribution >= 4 is 33.2 Å². The average molecular weight is 349 g/mol. The first-order valence-corrected chi connectivity index (χ1v) is 6.92. The lowest BCUT2D eigenvalue weighted by Crippen LogP contribution is -2.14. The van der Waals surface area contributed by atoms with Crippen molar-refractivity contribution in [2.24, 2.45) is 0 Å². The topological polar surface area (TPSA) is 59.3 Å². The molecule has 21 heavy (non-hydrogen) atoms. The van der Waals surface area contributed by atoms with Gasteiger partial charge in [-0.1, -0.05) is 6.07 Å². The molecule has 0 aliphatic rings. The highest BCUT2D eigenvalue weighted by molar-refractivity contribution is 9.10. The van der Waals surface area contributed by atoms with Crippen molar-refractivity contribution in [1.29, 1.82) is 0 Å². The van der Waals surface area contributed by atoms with Gasteiger partial charge >= 0.3 is 0 Å². The predicted molar refractivity (Wildman–Crippen MR) is 79.8 cm³/mol. The summed E-state index contributed by atoms with van der Waals surface area (Å²) in [4.78, 5) is 16.4. The molecular weight excluding hydrogens is 339 g/mol. The van der Waals surface area contributed by atoms with Gasteiger partial charge in [0, 0.05) is 12.4 Å². The molecule has 2 heterocycles. The van der Waals surface area contributed by atoms with Crippen molar-refractivity contribution in [3.8, 4) is 0 Å². The fourth-order valence-corrected chi connectivity index (χ4v) is 2.46. The maximum absolute atomic E-state index is 13.7. The maximum Gasteiger partial charge on any atom is 0.277 e. The summed E-state index contributed by atoms with van der Waals surface area (Å²) >= 11 is 3.30. The molecule has 1 aromatic carbocycles. The third-order valence-corrected chi connectivity index (χ3v) is 3.65. The molecule has 0 saturated heterocycles. The Bertz CT molecular complexity index is 846. The van der Waals surface area contributed by atoms with E-state index in [9.17, 15) is 9.18 Å². The third-order valence-electron chi connectivity index (χ3n) is 2.92. The molecule has 2 aromatic heterocycles. The highest BCUT2D eigenvalue weighted by Gasteiger charge is 2.19. The van der Waals surface area contributed by atoms with Gasteiger partial charge in [0.15, 0.2) is 11.3 Å². The monoisotopic (exact) mass is 348 g/mol. The van der Waals surface area contributed by atoms with Gasteiger partial charge in [0.05, 0.1) is 10.2 Å². The van der Waals surface area contributed by atoms with Crippen LogP contribution in [0.3, 0.4) is 0 Å². The molecule has 0 aliphatic carbocycles. The largest absolute Gasteiger partial charge is 0.318 e. The number of hydrogen-bond donors (Lipinski definition) is 1. The van der Waals surface area contributed by atoms with Crippen LogP contribution >= 0.6 is 15.9 Å². The Morgan fingerprint density at radius 3 is 3.00 bits per heavy atom. The minimum Gasteiger partial charge on any atom is -0.318 e. The number of benzene rings is 1. The van der Waals surface area contributed by atoms with Crippen molar-refractivity contribution in [3.63, 3.8) is 0 Å². The lowest BCUT2D eigenvalue weighted by Gasteiger charge is -2.05. The van der Waals surface area contributed by atoms with Crippen LogP contribution in [0.1, 0.15) is 16.1 Å². The molecule has 7 heteroatoms. The van der Waals surface area contributed by atoms with Crippen molar-refractivity contribution in [2.45, 2.75) is 6.92 Å². The summed E-state index contributed by atoms with van der Waals surface area (Å²) in [5.74, 6) is -0.996. The average Bonchev–Trinajstić information content (AvgIpc) is 2.81. The number of aromatic nitrogens is 3. The van der Waals surface area contributed by atoms with Crippen LogP contribution in [0.4, 0.5) is 10.1 Å². The molecule has 0 atom stereocenters. The summed E-state index contributed by atoms with van der Waals surface area (Å²) < 4.78 is 15.6. The number of anilines is 1. The fraction of sp³-hybridized carbons (Fsp3) is 0.0714. The van der Waals surface area contributed by atoms with E-state index in [0.29, 0.717) is 10.1 Å². The SMILES string of the molecule is Cc1ccc(F)c(NC(=O)c2nn3cccnc3c2Br)c1. The molecule has 0 unspecified atom stereocenters.